The van der Waals surface area contributed by atoms with Gasteiger partial charge in [-0.1, -0.05) is 6.07 Å². The maximum absolute atomic E-state index is 13.7. The van der Waals surface area contributed by atoms with Crippen LogP contribution in [0.25, 0.3) is 11.1 Å². The number of nitrogen functional groups attached to an aromatic ring is 2. The fraction of sp³-hybridized carbons (Fsp3) is 0.333. The molecule has 1 aromatic carbocycles. The van der Waals surface area contributed by atoms with Crippen LogP contribution in [0.15, 0.2) is 18.2 Å². The summed E-state index contributed by atoms with van der Waals surface area (Å²) in [5.74, 6) is 0.723. The average molecular weight is 318 g/mol. The minimum Gasteiger partial charge on any atom is -0.494 e. The highest BCUT2D eigenvalue weighted by atomic mass is 19.1. The highest BCUT2D eigenvalue weighted by Crippen LogP contribution is 2.37. The molecule has 122 valence electrons. The van der Waals surface area contributed by atoms with Crippen LogP contribution >= 0.6 is 0 Å². The lowest BCUT2D eigenvalue weighted by Gasteiger charge is -2.40. The molecule has 7 nitrogen and oxygen atoms in total. The Balaban J connectivity index is 2.08. The Morgan fingerprint density at radius 2 is 2.04 bits per heavy atom. The molecule has 0 atom stereocenters. The number of anilines is 3. The smallest absolute Gasteiger partial charge is 0.223 e. The van der Waals surface area contributed by atoms with Gasteiger partial charge in [0.2, 0.25) is 5.95 Å². The number of methoxy groups -OCH3 is 1. The van der Waals surface area contributed by atoms with Crippen LogP contribution < -0.4 is 26.4 Å². The van der Waals surface area contributed by atoms with E-state index in [1.165, 1.54) is 13.2 Å². The fourth-order valence-electron chi connectivity index (χ4n) is 2.64. The summed E-state index contributed by atoms with van der Waals surface area (Å²) in [7, 11) is 3.33. The van der Waals surface area contributed by atoms with Crippen LogP contribution in [-0.2, 0) is 0 Å². The fourth-order valence-corrected chi connectivity index (χ4v) is 2.64. The van der Waals surface area contributed by atoms with E-state index in [0.717, 1.165) is 13.1 Å². The number of nitrogens with zero attached hydrogens (tertiary/aromatic N) is 3. The average Bonchev–Trinajstić information content (AvgIpc) is 2.47. The van der Waals surface area contributed by atoms with Gasteiger partial charge in [-0.25, -0.2) is 4.39 Å². The van der Waals surface area contributed by atoms with Crippen molar-refractivity contribution in [2.45, 2.75) is 6.04 Å². The third-order valence-corrected chi connectivity index (χ3v) is 3.96. The summed E-state index contributed by atoms with van der Waals surface area (Å²) in [5.41, 5.74) is 13.1. The number of hydrogen-bond acceptors (Lipinski definition) is 7. The van der Waals surface area contributed by atoms with Gasteiger partial charge in [0.05, 0.1) is 12.7 Å². The maximum Gasteiger partial charge on any atom is 0.223 e. The number of halogens is 1. The zero-order valence-electron chi connectivity index (χ0n) is 13.0. The van der Waals surface area contributed by atoms with E-state index < -0.39 is 5.82 Å². The first-order valence-corrected chi connectivity index (χ1v) is 7.22. The Bertz CT molecular complexity index is 732. The molecule has 1 aromatic heterocycles. The number of benzene rings is 1. The van der Waals surface area contributed by atoms with E-state index in [-0.39, 0.29) is 17.5 Å². The van der Waals surface area contributed by atoms with Crippen LogP contribution in [-0.4, -0.2) is 43.3 Å². The molecule has 0 amide bonds. The second-order valence-electron chi connectivity index (χ2n) is 5.41. The Morgan fingerprint density at radius 1 is 1.30 bits per heavy atom. The van der Waals surface area contributed by atoms with Crippen LogP contribution in [0.3, 0.4) is 0 Å². The Labute approximate surface area is 133 Å². The zero-order chi connectivity index (χ0) is 16.6. The van der Waals surface area contributed by atoms with Crippen molar-refractivity contribution in [2.24, 2.45) is 0 Å². The van der Waals surface area contributed by atoms with Gasteiger partial charge in [0.15, 0.2) is 11.6 Å². The van der Waals surface area contributed by atoms with Crippen molar-refractivity contribution in [2.75, 3.05) is 43.6 Å². The number of rotatable bonds is 4. The lowest BCUT2D eigenvalue weighted by Crippen LogP contribution is -2.57. The van der Waals surface area contributed by atoms with Gasteiger partial charge in [-0.2, -0.15) is 9.97 Å². The number of aromatic nitrogens is 2. The normalized spacial score (nSPS) is 14.7. The minimum absolute atomic E-state index is 0.114. The Kier molecular flexibility index (Phi) is 3.91. The van der Waals surface area contributed by atoms with Gasteiger partial charge < -0.3 is 26.4 Å². The molecule has 1 aliphatic heterocycles. The van der Waals surface area contributed by atoms with Crippen LogP contribution in [0, 0.1) is 5.82 Å². The van der Waals surface area contributed by atoms with Gasteiger partial charge in [0.1, 0.15) is 11.6 Å². The highest BCUT2D eigenvalue weighted by molar-refractivity contribution is 5.86. The number of nitrogens with two attached hydrogens (primary N) is 2. The van der Waals surface area contributed by atoms with E-state index in [9.17, 15) is 4.39 Å². The third-order valence-electron chi connectivity index (χ3n) is 3.96. The zero-order valence-corrected chi connectivity index (χ0v) is 13.0. The van der Waals surface area contributed by atoms with Crippen molar-refractivity contribution in [3.63, 3.8) is 0 Å². The van der Waals surface area contributed by atoms with Crippen molar-refractivity contribution >= 4 is 17.6 Å². The molecule has 1 aliphatic rings. The van der Waals surface area contributed by atoms with E-state index in [4.69, 9.17) is 16.2 Å². The third kappa shape index (κ3) is 2.72. The molecule has 8 heteroatoms. The standard InChI is InChI=1S/C15H19FN6O/c1-19-9-6-22(7-9)14-12(13(17)20-15(18)21-14)8-3-4-10(16)11(5-8)23-2/h3-5,9,19H,6-7H2,1-2H3,(H4,17,18,20,21). The van der Waals surface area contributed by atoms with Crippen LogP contribution in [0.2, 0.25) is 0 Å². The predicted molar refractivity (Wildman–Crippen MR) is 87.9 cm³/mol. The molecule has 0 spiro atoms. The Morgan fingerprint density at radius 3 is 2.70 bits per heavy atom. The summed E-state index contributed by atoms with van der Waals surface area (Å²) >= 11 is 0. The molecule has 2 heterocycles. The first-order valence-electron chi connectivity index (χ1n) is 7.22. The molecule has 0 unspecified atom stereocenters. The summed E-state index contributed by atoms with van der Waals surface area (Å²) in [5, 5.41) is 3.20. The molecule has 2 aromatic rings. The molecule has 3 rings (SSSR count). The lowest BCUT2D eigenvalue weighted by molar-refractivity contribution is 0.387. The molecule has 0 aliphatic carbocycles. The predicted octanol–water partition coefficient (Wildman–Crippen LogP) is 0.864. The first kappa shape index (κ1) is 15.3. The van der Waals surface area contributed by atoms with Gasteiger partial charge in [-0.15, -0.1) is 0 Å². The molecule has 0 bridgehead atoms. The number of likely N-dealkylation sites (N-methyl/N-ethyl adjacent to an activating group) is 1. The van der Waals surface area contributed by atoms with Gasteiger partial charge >= 0.3 is 0 Å². The molecule has 1 saturated heterocycles. The summed E-state index contributed by atoms with van der Waals surface area (Å²) in [4.78, 5) is 10.4. The maximum atomic E-state index is 13.7. The van der Waals surface area contributed by atoms with Crippen molar-refractivity contribution in [1.82, 2.24) is 15.3 Å². The molecular formula is C15H19FN6O. The molecular weight excluding hydrogens is 299 g/mol. The Hall–Kier alpha value is -2.61. The van der Waals surface area contributed by atoms with E-state index in [2.05, 4.69) is 20.2 Å². The summed E-state index contributed by atoms with van der Waals surface area (Å²) < 4.78 is 18.7. The highest BCUT2D eigenvalue weighted by Gasteiger charge is 2.30. The van der Waals surface area contributed by atoms with Gasteiger partial charge in [0, 0.05) is 19.1 Å². The summed E-state index contributed by atoms with van der Waals surface area (Å²) in [6.07, 6.45) is 0. The lowest BCUT2D eigenvalue weighted by atomic mass is 10.0. The van der Waals surface area contributed by atoms with E-state index in [0.29, 0.717) is 23.0 Å². The second-order valence-corrected chi connectivity index (χ2v) is 5.41. The largest absolute Gasteiger partial charge is 0.494 e. The SMILES string of the molecule is CNC1CN(c2nc(N)nc(N)c2-c2ccc(F)c(OC)c2)C1. The van der Waals surface area contributed by atoms with E-state index in [1.807, 2.05) is 7.05 Å². The molecule has 23 heavy (non-hydrogen) atoms. The van der Waals surface area contributed by atoms with Crippen LogP contribution in [0.1, 0.15) is 0 Å². The summed E-state index contributed by atoms with van der Waals surface area (Å²) in [6, 6.07) is 4.93. The second kappa shape index (κ2) is 5.88. The molecule has 5 N–H and O–H groups in total. The van der Waals surface area contributed by atoms with Gasteiger partial charge in [-0.05, 0) is 24.7 Å². The first-order chi connectivity index (χ1) is 11.0. The topological polar surface area (TPSA) is 102 Å². The van der Waals surface area contributed by atoms with Crippen LogP contribution in [0.5, 0.6) is 5.75 Å². The van der Waals surface area contributed by atoms with E-state index in [1.54, 1.807) is 12.1 Å². The summed E-state index contributed by atoms with van der Waals surface area (Å²) in [6.45, 7) is 1.58. The van der Waals surface area contributed by atoms with Crippen molar-refractivity contribution in [1.29, 1.82) is 0 Å². The molecule has 1 fully saturated rings. The van der Waals surface area contributed by atoms with Crippen molar-refractivity contribution in [3.8, 4) is 16.9 Å². The molecule has 0 radical (unpaired) electrons. The van der Waals surface area contributed by atoms with Gasteiger partial charge in [-0.3, -0.25) is 0 Å². The number of nitrogens with one attached hydrogen (secondary N) is 1. The van der Waals surface area contributed by atoms with Gasteiger partial charge in [0.25, 0.3) is 0 Å². The van der Waals surface area contributed by atoms with Crippen LogP contribution in [0.4, 0.5) is 22.0 Å². The number of ether oxygens (including phenoxy) is 1. The number of hydrogen-bond donors (Lipinski definition) is 3. The van der Waals surface area contributed by atoms with Crippen molar-refractivity contribution in [3.05, 3.63) is 24.0 Å². The monoisotopic (exact) mass is 318 g/mol. The quantitative estimate of drug-likeness (QED) is 0.768. The van der Waals surface area contributed by atoms with Crippen molar-refractivity contribution < 1.29 is 9.13 Å². The minimum atomic E-state index is -0.438. The molecule has 0 saturated carbocycles. The van der Waals surface area contributed by atoms with E-state index >= 15 is 0 Å².